The van der Waals surface area contributed by atoms with E-state index in [9.17, 15) is 10.0 Å². The van der Waals surface area contributed by atoms with Crippen LogP contribution in [0.25, 0.3) is 0 Å². The summed E-state index contributed by atoms with van der Waals surface area (Å²) >= 11 is 0. The minimum Gasteiger partial charge on any atom is -0.425 e. The summed E-state index contributed by atoms with van der Waals surface area (Å²) in [5.41, 5.74) is 1.31. The molecule has 0 fully saturated rings. The van der Waals surface area contributed by atoms with Gasteiger partial charge < -0.3 is 5.21 Å². The molecule has 1 rings (SSSR count). The van der Waals surface area contributed by atoms with Crippen molar-refractivity contribution in [3.63, 3.8) is 0 Å². The highest BCUT2D eigenvalue weighted by Crippen LogP contribution is 2.08. The van der Waals surface area contributed by atoms with Crippen molar-refractivity contribution in [1.82, 2.24) is 4.73 Å². The highest BCUT2D eigenvalue weighted by atomic mass is 16.5. The summed E-state index contributed by atoms with van der Waals surface area (Å²) in [4.78, 5) is 11.3. The van der Waals surface area contributed by atoms with Crippen molar-refractivity contribution < 1.29 is 5.21 Å². The van der Waals surface area contributed by atoms with Gasteiger partial charge in [0.1, 0.15) is 0 Å². The monoisotopic (exact) mass is 223 g/mol. The third-order valence-electron chi connectivity index (χ3n) is 2.76. The Morgan fingerprint density at radius 3 is 2.56 bits per heavy atom. The van der Waals surface area contributed by atoms with E-state index < -0.39 is 0 Å². The molecule has 1 heterocycles. The van der Waals surface area contributed by atoms with E-state index in [1.807, 2.05) is 13.0 Å². The van der Waals surface area contributed by atoms with E-state index in [0.29, 0.717) is 0 Å². The predicted octanol–water partition coefficient (Wildman–Crippen LogP) is 2.91. The van der Waals surface area contributed by atoms with Crippen LogP contribution in [0.2, 0.25) is 0 Å². The number of aromatic nitrogens is 1. The van der Waals surface area contributed by atoms with Crippen molar-refractivity contribution in [1.29, 1.82) is 0 Å². The summed E-state index contributed by atoms with van der Waals surface area (Å²) in [7, 11) is 0. The Morgan fingerprint density at radius 2 is 1.88 bits per heavy atom. The summed E-state index contributed by atoms with van der Waals surface area (Å²) in [6.07, 6.45) is 6.70. The van der Waals surface area contributed by atoms with E-state index in [2.05, 4.69) is 6.92 Å². The molecule has 0 radical (unpaired) electrons. The molecule has 0 saturated heterocycles. The normalized spacial score (nSPS) is 10.6. The number of aryl methyl sites for hydroxylation is 2. The molecule has 0 bridgehead atoms. The molecule has 3 heteroatoms. The smallest absolute Gasteiger partial charge is 0.283 e. The molecule has 0 spiro atoms. The molecule has 0 aliphatic rings. The van der Waals surface area contributed by atoms with Gasteiger partial charge in [-0.2, -0.15) is 4.73 Å². The molecular weight excluding hydrogens is 202 g/mol. The van der Waals surface area contributed by atoms with Gasteiger partial charge in [-0.05, 0) is 31.4 Å². The number of nitrogens with zero attached hydrogens (tertiary/aromatic N) is 1. The third-order valence-corrected chi connectivity index (χ3v) is 2.76. The van der Waals surface area contributed by atoms with Crippen molar-refractivity contribution in [3.05, 3.63) is 33.7 Å². The minimum atomic E-state index is -0.330. The average Bonchev–Trinajstić information content (AvgIpc) is 2.24. The molecular formula is C13H21NO2. The fraction of sp³-hybridized carbons (Fsp3) is 0.615. The Kier molecular flexibility index (Phi) is 5.09. The lowest BCUT2D eigenvalue weighted by Gasteiger charge is -2.07. The highest BCUT2D eigenvalue weighted by molar-refractivity contribution is 5.15. The van der Waals surface area contributed by atoms with Crippen LogP contribution >= 0.6 is 0 Å². The molecule has 1 aromatic heterocycles. The zero-order valence-corrected chi connectivity index (χ0v) is 10.2. The first-order valence-corrected chi connectivity index (χ1v) is 6.07. The van der Waals surface area contributed by atoms with Gasteiger partial charge in [-0.15, -0.1) is 0 Å². The molecule has 0 saturated carbocycles. The van der Waals surface area contributed by atoms with Crippen LogP contribution in [-0.2, 0) is 6.42 Å². The second kappa shape index (κ2) is 6.36. The number of unbranched alkanes of at least 4 members (excludes halogenated alkanes) is 4. The predicted molar refractivity (Wildman–Crippen MR) is 65.1 cm³/mol. The quantitative estimate of drug-likeness (QED) is 0.595. The first-order valence-electron chi connectivity index (χ1n) is 6.07. The topological polar surface area (TPSA) is 42.2 Å². The molecule has 90 valence electrons. The van der Waals surface area contributed by atoms with Gasteiger partial charge in [-0.25, -0.2) is 0 Å². The van der Waals surface area contributed by atoms with Crippen LogP contribution < -0.4 is 5.56 Å². The Labute approximate surface area is 96.7 Å². The van der Waals surface area contributed by atoms with Crippen LogP contribution in [0, 0.1) is 6.92 Å². The van der Waals surface area contributed by atoms with Crippen molar-refractivity contribution >= 4 is 0 Å². The lowest BCUT2D eigenvalue weighted by atomic mass is 10.1. The molecule has 1 N–H and O–H groups in total. The van der Waals surface area contributed by atoms with Crippen LogP contribution in [0.15, 0.2) is 16.9 Å². The molecule has 0 amide bonds. The van der Waals surface area contributed by atoms with Crippen LogP contribution in [-0.4, -0.2) is 9.94 Å². The van der Waals surface area contributed by atoms with E-state index in [4.69, 9.17) is 0 Å². The Hall–Kier alpha value is -1.25. The Morgan fingerprint density at radius 1 is 1.19 bits per heavy atom. The third kappa shape index (κ3) is 3.72. The molecule has 0 aliphatic carbocycles. The summed E-state index contributed by atoms with van der Waals surface area (Å²) in [5.74, 6) is 0. The summed E-state index contributed by atoms with van der Waals surface area (Å²) < 4.78 is 0.771. The number of rotatable bonds is 6. The van der Waals surface area contributed by atoms with E-state index in [-0.39, 0.29) is 5.56 Å². The Balaban J connectivity index is 2.50. The van der Waals surface area contributed by atoms with Gasteiger partial charge in [0.05, 0.1) is 5.69 Å². The van der Waals surface area contributed by atoms with Gasteiger partial charge in [0.15, 0.2) is 0 Å². The van der Waals surface area contributed by atoms with E-state index in [1.165, 1.54) is 25.3 Å². The lowest BCUT2D eigenvalue weighted by Crippen LogP contribution is -2.20. The summed E-state index contributed by atoms with van der Waals surface area (Å²) in [6.45, 7) is 4.06. The SMILES string of the molecule is CCCCCCCc1cc(C)cc(=O)n1O. The average molecular weight is 223 g/mol. The lowest BCUT2D eigenvalue weighted by molar-refractivity contribution is 0.164. The molecule has 0 atom stereocenters. The number of hydrogen-bond donors (Lipinski definition) is 1. The first kappa shape index (κ1) is 12.8. The molecule has 3 nitrogen and oxygen atoms in total. The number of pyridine rings is 1. The van der Waals surface area contributed by atoms with Gasteiger partial charge in [-0.3, -0.25) is 4.79 Å². The first-order chi connectivity index (χ1) is 7.65. The maximum absolute atomic E-state index is 11.3. The van der Waals surface area contributed by atoms with Gasteiger partial charge >= 0.3 is 0 Å². The molecule has 0 aromatic carbocycles. The van der Waals surface area contributed by atoms with E-state index in [0.717, 1.165) is 35.3 Å². The van der Waals surface area contributed by atoms with Crippen LogP contribution in [0.5, 0.6) is 0 Å². The van der Waals surface area contributed by atoms with E-state index >= 15 is 0 Å². The van der Waals surface area contributed by atoms with Crippen molar-refractivity contribution in [2.24, 2.45) is 0 Å². The fourth-order valence-electron chi connectivity index (χ4n) is 1.85. The van der Waals surface area contributed by atoms with Crippen LogP contribution in [0.3, 0.4) is 0 Å². The van der Waals surface area contributed by atoms with E-state index in [1.54, 1.807) is 0 Å². The molecule has 1 aromatic rings. The maximum atomic E-state index is 11.3. The van der Waals surface area contributed by atoms with Crippen LogP contribution in [0.4, 0.5) is 0 Å². The molecule has 0 aliphatic heterocycles. The second-order valence-electron chi connectivity index (χ2n) is 4.34. The van der Waals surface area contributed by atoms with Gasteiger partial charge in [-0.1, -0.05) is 32.6 Å². The summed E-state index contributed by atoms with van der Waals surface area (Å²) in [5, 5.41) is 9.53. The van der Waals surface area contributed by atoms with Crippen molar-refractivity contribution in [3.8, 4) is 0 Å². The fourth-order valence-corrected chi connectivity index (χ4v) is 1.85. The van der Waals surface area contributed by atoms with Gasteiger partial charge in [0.25, 0.3) is 5.56 Å². The van der Waals surface area contributed by atoms with Crippen molar-refractivity contribution in [2.45, 2.75) is 52.4 Å². The van der Waals surface area contributed by atoms with Gasteiger partial charge in [0.2, 0.25) is 0 Å². The highest BCUT2D eigenvalue weighted by Gasteiger charge is 2.03. The zero-order valence-electron chi connectivity index (χ0n) is 10.2. The largest absolute Gasteiger partial charge is 0.425 e. The number of hydrogen-bond acceptors (Lipinski definition) is 2. The minimum absolute atomic E-state index is 0.330. The van der Waals surface area contributed by atoms with Crippen molar-refractivity contribution in [2.75, 3.05) is 0 Å². The maximum Gasteiger partial charge on any atom is 0.283 e. The standard InChI is InChI=1S/C13H21NO2/c1-3-4-5-6-7-8-12-9-11(2)10-13(15)14(12)16/h9-10,16H,3-8H2,1-2H3. The van der Waals surface area contributed by atoms with Crippen LogP contribution in [0.1, 0.15) is 50.3 Å². The molecule has 0 unspecified atom stereocenters. The van der Waals surface area contributed by atoms with Gasteiger partial charge in [0, 0.05) is 6.07 Å². The molecule has 16 heavy (non-hydrogen) atoms. The summed E-state index contributed by atoms with van der Waals surface area (Å²) in [6, 6.07) is 3.32. The Bertz CT molecular complexity index is 382. The second-order valence-corrected chi connectivity index (χ2v) is 4.34. The zero-order chi connectivity index (χ0) is 12.0.